The first kappa shape index (κ1) is 38.3. The van der Waals surface area contributed by atoms with E-state index >= 15 is 0 Å². The predicted molar refractivity (Wildman–Crippen MR) is 269 cm³/mol. The maximum absolute atomic E-state index is 11.0. The van der Waals surface area contributed by atoms with Crippen LogP contribution < -0.4 is 0 Å². The van der Waals surface area contributed by atoms with Crippen molar-refractivity contribution in [2.75, 3.05) is 0 Å². The van der Waals surface area contributed by atoms with Gasteiger partial charge in [-0.25, -0.2) is 14.8 Å². The van der Waals surface area contributed by atoms with Crippen molar-refractivity contribution in [2.24, 2.45) is 0 Å². The number of nitriles is 1. The molecule has 66 heavy (non-hydrogen) atoms. The molecule has 6 nitrogen and oxygen atoms in total. The highest BCUT2D eigenvalue weighted by Gasteiger charge is 2.24. The van der Waals surface area contributed by atoms with Crippen LogP contribution in [0, 0.1) is 17.9 Å². The van der Waals surface area contributed by atoms with Gasteiger partial charge in [-0.1, -0.05) is 152 Å². The molecule has 8 aromatic carbocycles. The Morgan fingerprint density at radius 2 is 0.803 bits per heavy atom. The number of hydrogen-bond acceptors (Lipinski definition) is 3. The molecule has 0 unspecified atom stereocenters. The van der Waals surface area contributed by atoms with Gasteiger partial charge in [-0.3, -0.25) is 0 Å². The second kappa shape index (κ2) is 15.8. The van der Waals surface area contributed by atoms with Crippen molar-refractivity contribution in [2.45, 2.75) is 0 Å². The summed E-state index contributed by atoms with van der Waals surface area (Å²) < 4.78 is 4.58. The Morgan fingerprint density at radius 3 is 1.29 bits per heavy atom. The molecule has 0 aliphatic rings. The molecule has 0 radical (unpaired) electrons. The van der Waals surface area contributed by atoms with E-state index in [1.807, 2.05) is 78.9 Å². The third kappa shape index (κ3) is 6.41. The maximum atomic E-state index is 11.0. The molecule has 0 aliphatic carbocycles. The highest BCUT2D eigenvalue weighted by molar-refractivity contribution is 6.13. The van der Waals surface area contributed by atoms with Gasteiger partial charge in [-0.2, -0.15) is 5.26 Å². The van der Waals surface area contributed by atoms with E-state index < -0.39 is 0 Å². The number of aromatic nitrogens is 4. The number of para-hydroxylation sites is 2. The Kier molecular flexibility index (Phi) is 9.16. The molecule has 0 fully saturated rings. The van der Waals surface area contributed by atoms with E-state index in [0.717, 1.165) is 111 Å². The van der Waals surface area contributed by atoms with Gasteiger partial charge >= 0.3 is 0 Å². The third-order valence-corrected chi connectivity index (χ3v) is 12.5. The average molecular weight is 841 g/mol. The van der Waals surface area contributed by atoms with Crippen LogP contribution >= 0.6 is 0 Å². The minimum absolute atomic E-state index is 0.503. The number of benzene rings is 8. The maximum Gasteiger partial charge on any atom is 0.187 e. The van der Waals surface area contributed by atoms with Crippen molar-refractivity contribution in [1.29, 1.82) is 5.26 Å². The summed E-state index contributed by atoms with van der Waals surface area (Å²) in [5.74, 6) is 0. The Morgan fingerprint density at radius 1 is 0.379 bits per heavy atom. The third-order valence-electron chi connectivity index (χ3n) is 12.5. The number of rotatable bonds is 7. The fourth-order valence-corrected chi connectivity index (χ4v) is 9.56. The molecular formula is C60H36N6. The summed E-state index contributed by atoms with van der Waals surface area (Å²) in [6.45, 7) is 8.09. The summed E-state index contributed by atoms with van der Waals surface area (Å²) >= 11 is 0. The fraction of sp³-hybridized carbons (Fsp3) is 0. The molecule has 306 valence electrons. The van der Waals surface area contributed by atoms with Crippen molar-refractivity contribution in [3.63, 3.8) is 0 Å². The second-order valence-corrected chi connectivity index (χ2v) is 16.4. The van der Waals surface area contributed by atoms with Crippen LogP contribution in [0.15, 0.2) is 218 Å². The molecule has 0 aliphatic heterocycles. The van der Waals surface area contributed by atoms with Crippen molar-refractivity contribution < 1.29 is 0 Å². The molecule has 0 N–H and O–H groups in total. The van der Waals surface area contributed by atoms with E-state index in [0.29, 0.717) is 11.3 Å². The van der Waals surface area contributed by atoms with Crippen LogP contribution in [-0.2, 0) is 0 Å². The van der Waals surface area contributed by atoms with Gasteiger partial charge in [0.05, 0.1) is 74.4 Å². The number of nitrogens with zero attached hydrogens (tertiary/aromatic N) is 6. The van der Waals surface area contributed by atoms with Crippen LogP contribution in [0.3, 0.4) is 0 Å². The van der Waals surface area contributed by atoms with Crippen molar-refractivity contribution >= 4 is 49.3 Å². The Labute approximate surface area is 381 Å². The Hall–Kier alpha value is -9.36. The molecule has 0 atom stereocenters. The second-order valence-electron chi connectivity index (χ2n) is 16.4. The first-order valence-electron chi connectivity index (χ1n) is 21.8. The van der Waals surface area contributed by atoms with Crippen molar-refractivity contribution in [3.05, 3.63) is 235 Å². The van der Waals surface area contributed by atoms with Crippen LogP contribution in [0.1, 0.15) is 5.56 Å². The molecule has 12 rings (SSSR count). The summed E-state index contributed by atoms with van der Waals surface area (Å²) in [5.41, 5.74) is 15.9. The summed E-state index contributed by atoms with van der Waals surface area (Å²) in [7, 11) is 0. The lowest BCUT2D eigenvalue weighted by Gasteiger charge is -2.21. The standard InChI is InChI=1S/C60H36N6/c1-62-45-20-12-19-44(35-45)60-58(65-54-27-10-8-21-46(54)48-31-29-42(36-56(48)65)52-25-13-23-50(63-52)40-15-4-2-5-16-40)33-39(38-61)34-59(60)66-55-28-11-9-22-47(55)49-32-30-43(37-57(49)66)53-26-14-24-51(64-53)41-17-6-3-7-18-41/h2-37H. The molecule has 12 aromatic rings. The summed E-state index contributed by atoms with van der Waals surface area (Å²) in [6.07, 6.45) is 0. The summed E-state index contributed by atoms with van der Waals surface area (Å²) in [4.78, 5) is 14.2. The molecule has 4 aromatic heterocycles. The quantitative estimate of drug-likeness (QED) is 0.150. The molecular weight excluding hydrogens is 805 g/mol. The lowest BCUT2D eigenvalue weighted by Crippen LogP contribution is -2.05. The van der Waals surface area contributed by atoms with E-state index in [9.17, 15) is 5.26 Å². The summed E-state index contributed by atoms with van der Waals surface area (Å²) in [6, 6.07) is 77.1. The number of fused-ring (bicyclic) bond motifs is 6. The molecule has 0 amide bonds. The summed E-state index contributed by atoms with van der Waals surface area (Å²) in [5, 5.41) is 15.3. The topological polar surface area (TPSA) is 63.8 Å². The van der Waals surface area contributed by atoms with Crippen molar-refractivity contribution in [3.8, 4) is 73.6 Å². The zero-order valence-corrected chi connectivity index (χ0v) is 35.5. The molecule has 0 saturated heterocycles. The molecule has 6 heteroatoms. The lowest BCUT2D eigenvalue weighted by atomic mass is 9.97. The number of hydrogen-bond donors (Lipinski definition) is 0. The lowest BCUT2D eigenvalue weighted by molar-refractivity contribution is 1.13. The van der Waals surface area contributed by atoms with Gasteiger partial charge < -0.3 is 9.13 Å². The van der Waals surface area contributed by atoms with Gasteiger partial charge in [0.25, 0.3) is 0 Å². The van der Waals surface area contributed by atoms with Crippen LogP contribution in [0.25, 0.3) is 116 Å². The zero-order chi connectivity index (χ0) is 44.1. The highest BCUT2D eigenvalue weighted by atomic mass is 15.0. The monoisotopic (exact) mass is 840 g/mol. The zero-order valence-electron chi connectivity index (χ0n) is 35.5. The van der Waals surface area contributed by atoms with E-state index in [2.05, 4.69) is 160 Å². The van der Waals surface area contributed by atoms with Gasteiger partial charge in [-0.15, -0.1) is 0 Å². The largest absolute Gasteiger partial charge is 0.308 e. The van der Waals surface area contributed by atoms with Gasteiger partial charge in [0, 0.05) is 49.4 Å². The molecule has 0 spiro atoms. The van der Waals surface area contributed by atoms with E-state index in [1.165, 1.54) is 0 Å². The SMILES string of the molecule is [C-]#[N+]c1cccc(-c2c(-n3c4ccccc4c4ccc(-c5cccc(-c6ccccc6)n5)cc43)cc(C#N)cc2-n2c3ccccc3c3ccc(-c4cccc(-c5ccccc5)n4)cc32)c1. The number of pyridine rings is 2. The predicted octanol–water partition coefficient (Wildman–Crippen LogP) is 15.4. The molecule has 4 heterocycles. The first-order valence-corrected chi connectivity index (χ1v) is 21.8. The molecule has 0 bridgehead atoms. The van der Waals surface area contributed by atoms with E-state index in [1.54, 1.807) is 0 Å². The van der Waals surface area contributed by atoms with Gasteiger partial charge in [0.1, 0.15) is 0 Å². The Balaban J connectivity index is 1.16. The van der Waals surface area contributed by atoms with Crippen LogP contribution in [0.5, 0.6) is 0 Å². The fourth-order valence-electron chi connectivity index (χ4n) is 9.56. The van der Waals surface area contributed by atoms with Crippen LogP contribution in [0.2, 0.25) is 0 Å². The molecule has 0 saturated carbocycles. The van der Waals surface area contributed by atoms with E-state index in [-0.39, 0.29) is 0 Å². The van der Waals surface area contributed by atoms with Gasteiger partial charge in [-0.05, 0) is 72.3 Å². The smallest absolute Gasteiger partial charge is 0.187 e. The highest BCUT2D eigenvalue weighted by Crippen LogP contribution is 2.44. The van der Waals surface area contributed by atoms with Crippen LogP contribution in [0.4, 0.5) is 5.69 Å². The average Bonchev–Trinajstić information content (AvgIpc) is 3.91. The van der Waals surface area contributed by atoms with Crippen LogP contribution in [-0.4, -0.2) is 19.1 Å². The Bertz CT molecular complexity index is 3740. The normalized spacial score (nSPS) is 11.3. The van der Waals surface area contributed by atoms with Gasteiger partial charge in [0.2, 0.25) is 0 Å². The van der Waals surface area contributed by atoms with E-state index in [4.69, 9.17) is 16.5 Å². The minimum atomic E-state index is 0.503. The first-order chi connectivity index (χ1) is 32.6. The minimum Gasteiger partial charge on any atom is -0.308 e. The van der Waals surface area contributed by atoms with Crippen molar-refractivity contribution in [1.82, 2.24) is 19.1 Å². The van der Waals surface area contributed by atoms with Gasteiger partial charge in [0.15, 0.2) is 5.69 Å².